The molecule has 0 radical (unpaired) electrons. The van der Waals surface area contributed by atoms with Crippen LogP contribution in [0.1, 0.15) is 35.6 Å². The van der Waals surface area contributed by atoms with Crippen molar-refractivity contribution < 1.29 is 4.79 Å². The molecule has 0 spiro atoms. The minimum absolute atomic E-state index is 0.0916. The Morgan fingerprint density at radius 1 is 1.26 bits per heavy atom. The molecule has 0 amide bonds. The highest BCUT2D eigenvalue weighted by Gasteiger charge is 2.12. The maximum atomic E-state index is 12.2. The minimum atomic E-state index is 0.0916. The minimum Gasteiger partial charge on any atom is -0.294 e. The smallest absolute Gasteiger partial charge is 0.168 e. The van der Waals surface area contributed by atoms with Gasteiger partial charge in [0.05, 0.1) is 12.1 Å². The molecule has 0 unspecified atom stereocenters. The molecule has 2 rings (SSSR count). The van der Waals surface area contributed by atoms with E-state index < -0.39 is 0 Å². The Balaban J connectivity index is 2.18. The molecule has 19 heavy (non-hydrogen) atoms. The Labute approximate surface area is 118 Å². The molecular formula is C15H17ClN2O. The lowest BCUT2D eigenvalue weighted by Gasteiger charge is -2.04. The standard InChI is InChI=1S/C15H17ClN2O/c1-3-13-9-14(18(4-2)17-13)10-15(19)11-5-7-12(16)8-6-11/h5-9H,3-4,10H2,1-2H3. The molecule has 0 aliphatic rings. The molecule has 0 fully saturated rings. The molecule has 0 bridgehead atoms. The van der Waals surface area contributed by atoms with Crippen molar-refractivity contribution in [3.8, 4) is 0 Å². The molecule has 0 N–H and O–H groups in total. The lowest BCUT2D eigenvalue weighted by Crippen LogP contribution is -2.09. The molecule has 0 aliphatic heterocycles. The number of nitrogens with zero attached hydrogens (tertiary/aromatic N) is 2. The van der Waals surface area contributed by atoms with E-state index in [1.807, 2.05) is 17.7 Å². The molecular weight excluding hydrogens is 260 g/mol. The van der Waals surface area contributed by atoms with Gasteiger partial charge in [-0.2, -0.15) is 5.10 Å². The van der Waals surface area contributed by atoms with Crippen molar-refractivity contribution >= 4 is 17.4 Å². The van der Waals surface area contributed by atoms with Gasteiger partial charge in [-0.25, -0.2) is 0 Å². The van der Waals surface area contributed by atoms with Crippen LogP contribution in [-0.2, 0) is 19.4 Å². The van der Waals surface area contributed by atoms with Gasteiger partial charge in [0.1, 0.15) is 0 Å². The molecule has 1 heterocycles. The molecule has 1 aromatic carbocycles. The quantitative estimate of drug-likeness (QED) is 0.783. The Kier molecular flexibility index (Phi) is 4.38. The molecule has 3 nitrogen and oxygen atoms in total. The van der Waals surface area contributed by atoms with Crippen molar-refractivity contribution in [1.82, 2.24) is 9.78 Å². The zero-order valence-corrected chi connectivity index (χ0v) is 11.9. The largest absolute Gasteiger partial charge is 0.294 e. The van der Waals surface area contributed by atoms with Crippen molar-refractivity contribution in [2.45, 2.75) is 33.2 Å². The van der Waals surface area contributed by atoms with Crippen LogP contribution >= 0.6 is 11.6 Å². The van der Waals surface area contributed by atoms with Crippen molar-refractivity contribution in [3.05, 3.63) is 52.3 Å². The second-order valence-corrected chi connectivity index (χ2v) is 4.84. The number of Topliss-reactive ketones (excluding diaryl/α,β-unsaturated/α-hetero) is 1. The summed E-state index contributed by atoms with van der Waals surface area (Å²) in [5.41, 5.74) is 2.69. The summed E-state index contributed by atoms with van der Waals surface area (Å²) in [5, 5.41) is 5.09. The lowest BCUT2D eigenvalue weighted by molar-refractivity contribution is 0.0990. The number of hydrogen-bond donors (Lipinski definition) is 0. The van der Waals surface area contributed by atoms with Crippen LogP contribution in [-0.4, -0.2) is 15.6 Å². The average molecular weight is 277 g/mol. The predicted molar refractivity (Wildman–Crippen MR) is 76.8 cm³/mol. The van der Waals surface area contributed by atoms with E-state index in [2.05, 4.69) is 12.0 Å². The Hall–Kier alpha value is -1.61. The number of rotatable bonds is 5. The number of aromatic nitrogens is 2. The highest BCUT2D eigenvalue weighted by molar-refractivity contribution is 6.30. The molecule has 2 aromatic rings. The van der Waals surface area contributed by atoms with Gasteiger partial charge in [-0.15, -0.1) is 0 Å². The first-order valence-corrected chi connectivity index (χ1v) is 6.86. The van der Waals surface area contributed by atoms with Gasteiger partial charge in [0.25, 0.3) is 0 Å². The SMILES string of the molecule is CCc1cc(CC(=O)c2ccc(Cl)cc2)n(CC)n1. The van der Waals surface area contributed by atoms with Crippen molar-refractivity contribution in [2.24, 2.45) is 0 Å². The van der Waals surface area contributed by atoms with Crippen molar-refractivity contribution in [2.75, 3.05) is 0 Å². The first-order chi connectivity index (χ1) is 9.13. The maximum Gasteiger partial charge on any atom is 0.168 e. The average Bonchev–Trinajstić information content (AvgIpc) is 2.81. The van der Waals surface area contributed by atoms with Crippen LogP contribution < -0.4 is 0 Å². The van der Waals surface area contributed by atoms with Crippen LogP contribution in [0.2, 0.25) is 5.02 Å². The Bertz CT molecular complexity index is 572. The molecule has 0 aliphatic carbocycles. The summed E-state index contributed by atoms with van der Waals surface area (Å²) < 4.78 is 1.90. The fraction of sp³-hybridized carbons (Fsp3) is 0.333. The number of benzene rings is 1. The molecule has 100 valence electrons. The predicted octanol–water partition coefficient (Wildman–Crippen LogP) is 3.54. The van der Waals surface area contributed by atoms with Crippen molar-refractivity contribution in [1.29, 1.82) is 0 Å². The third-order valence-electron chi connectivity index (χ3n) is 3.08. The van der Waals surface area contributed by atoms with Gasteiger partial charge in [-0.05, 0) is 43.7 Å². The van der Waals surface area contributed by atoms with E-state index in [4.69, 9.17) is 11.6 Å². The van der Waals surface area contributed by atoms with Gasteiger partial charge in [-0.1, -0.05) is 18.5 Å². The number of ketones is 1. The second kappa shape index (κ2) is 6.02. The van der Waals surface area contributed by atoms with Crippen LogP contribution in [0.25, 0.3) is 0 Å². The summed E-state index contributed by atoms with van der Waals surface area (Å²) in [7, 11) is 0. The number of carbonyl (C=O) groups is 1. The van der Waals surface area contributed by atoms with Crippen LogP contribution in [0.15, 0.2) is 30.3 Å². The van der Waals surface area contributed by atoms with E-state index in [1.165, 1.54) is 0 Å². The topological polar surface area (TPSA) is 34.9 Å². The lowest BCUT2D eigenvalue weighted by atomic mass is 10.1. The first kappa shape index (κ1) is 13.8. The van der Waals surface area contributed by atoms with Gasteiger partial charge < -0.3 is 0 Å². The third kappa shape index (κ3) is 3.24. The summed E-state index contributed by atoms with van der Waals surface area (Å²) in [4.78, 5) is 12.2. The monoisotopic (exact) mass is 276 g/mol. The second-order valence-electron chi connectivity index (χ2n) is 4.40. The summed E-state index contributed by atoms with van der Waals surface area (Å²) in [6.07, 6.45) is 1.26. The Morgan fingerprint density at radius 3 is 2.53 bits per heavy atom. The Morgan fingerprint density at radius 2 is 1.95 bits per heavy atom. The molecule has 4 heteroatoms. The third-order valence-corrected chi connectivity index (χ3v) is 3.34. The van der Waals surface area contributed by atoms with Crippen LogP contribution in [0, 0.1) is 0 Å². The zero-order chi connectivity index (χ0) is 13.8. The number of aryl methyl sites for hydroxylation is 2. The van der Waals surface area contributed by atoms with Gasteiger partial charge in [0.15, 0.2) is 5.78 Å². The first-order valence-electron chi connectivity index (χ1n) is 6.48. The zero-order valence-electron chi connectivity index (χ0n) is 11.2. The highest BCUT2D eigenvalue weighted by Crippen LogP contribution is 2.13. The van der Waals surface area contributed by atoms with E-state index >= 15 is 0 Å². The van der Waals surface area contributed by atoms with Gasteiger partial charge >= 0.3 is 0 Å². The summed E-state index contributed by atoms with van der Waals surface area (Å²) >= 11 is 5.82. The molecule has 0 saturated carbocycles. The van der Waals surface area contributed by atoms with E-state index in [9.17, 15) is 4.79 Å². The molecule has 0 atom stereocenters. The fourth-order valence-electron chi connectivity index (χ4n) is 2.01. The fourth-order valence-corrected chi connectivity index (χ4v) is 2.13. The number of halogens is 1. The summed E-state index contributed by atoms with van der Waals surface area (Å²) in [6, 6.07) is 9.01. The number of hydrogen-bond acceptors (Lipinski definition) is 2. The summed E-state index contributed by atoms with van der Waals surface area (Å²) in [5.74, 6) is 0.0916. The normalized spacial score (nSPS) is 10.7. The summed E-state index contributed by atoms with van der Waals surface area (Å²) in [6.45, 7) is 4.87. The van der Waals surface area contributed by atoms with E-state index in [0.717, 1.165) is 24.4 Å². The van der Waals surface area contributed by atoms with Gasteiger partial charge in [0.2, 0.25) is 0 Å². The van der Waals surface area contributed by atoms with Crippen LogP contribution in [0.4, 0.5) is 0 Å². The van der Waals surface area contributed by atoms with Crippen molar-refractivity contribution in [3.63, 3.8) is 0 Å². The van der Waals surface area contributed by atoms with E-state index in [-0.39, 0.29) is 5.78 Å². The highest BCUT2D eigenvalue weighted by atomic mass is 35.5. The number of carbonyl (C=O) groups excluding carboxylic acids is 1. The van der Waals surface area contributed by atoms with E-state index in [0.29, 0.717) is 17.0 Å². The van der Waals surface area contributed by atoms with E-state index in [1.54, 1.807) is 24.3 Å². The molecule has 1 aromatic heterocycles. The maximum absolute atomic E-state index is 12.2. The van der Waals surface area contributed by atoms with Gasteiger partial charge in [-0.3, -0.25) is 9.48 Å². The van der Waals surface area contributed by atoms with Gasteiger partial charge in [0, 0.05) is 22.8 Å². The van der Waals surface area contributed by atoms with Crippen LogP contribution in [0.3, 0.4) is 0 Å². The van der Waals surface area contributed by atoms with Crippen LogP contribution in [0.5, 0.6) is 0 Å². The molecule has 0 saturated heterocycles.